The molecule has 1 aromatic rings. The summed E-state index contributed by atoms with van der Waals surface area (Å²) in [5.41, 5.74) is 1.23. The maximum absolute atomic E-state index is 9.64. The van der Waals surface area contributed by atoms with Gasteiger partial charge in [-0.2, -0.15) is 5.10 Å². The molecular weight excluding hydrogens is 202 g/mol. The Morgan fingerprint density at radius 1 is 1.50 bits per heavy atom. The Morgan fingerprint density at radius 2 is 2.25 bits per heavy atom. The van der Waals surface area contributed by atoms with Crippen molar-refractivity contribution in [3.05, 3.63) is 18.0 Å². The van der Waals surface area contributed by atoms with E-state index < -0.39 is 0 Å². The lowest BCUT2D eigenvalue weighted by Gasteiger charge is -2.13. The summed E-state index contributed by atoms with van der Waals surface area (Å²) in [6.07, 6.45) is 5.49. The molecule has 1 aromatic heterocycles. The normalized spacial score (nSPS) is 13.3. The third kappa shape index (κ3) is 5.28. The second-order valence-corrected chi connectivity index (χ2v) is 4.76. The number of aryl methyl sites for hydroxylation is 1. The summed E-state index contributed by atoms with van der Waals surface area (Å²) in [4.78, 5) is 0. The van der Waals surface area contributed by atoms with E-state index in [1.807, 2.05) is 24.1 Å². The highest BCUT2D eigenvalue weighted by Crippen LogP contribution is 2.03. The average Bonchev–Trinajstić information content (AvgIpc) is 2.58. The molecule has 4 heteroatoms. The molecule has 2 N–H and O–H groups in total. The molecular formula is C12H23N3O. The largest absolute Gasteiger partial charge is 0.392 e. The van der Waals surface area contributed by atoms with Gasteiger partial charge in [-0.1, -0.05) is 13.8 Å². The monoisotopic (exact) mass is 225 g/mol. The first kappa shape index (κ1) is 13.2. The van der Waals surface area contributed by atoms with Crippen LogP contribution >= 0.6 is 0 Å². The van der Waals surface area contributed by atoms with Gasteiger partial charge >= 0.3 is 0 Å². The van der Waals surface area contributed by atoms with Gasteiger partial charge in [-0.05, 0) is 30.9 Å². The molecule has 0 aliphatic carbocycles. The van der Waals surface area contributed by atoms with Crippen LogP contribution in [0, 0.1) is 5.92 Å². The zero-order valence-electron chi connectivity index (χ0n) is 10.5. The van der Waals surface area contributed by atoms with Crippen molar-refractivity contribution >= 4 is 0 Å². The summed E-state index contributed by atoms with van der Waals surface area (Å²) in [6, 6.07) is 0. The van der Waals surface area contributed by atoms with Crippen molar-refractivity contribution in [2.24, 2.45) is 13.0 Å². The lowest BCUT2D eigenvalue weighted by molar-refractivity contribution is 0.147. The first-order valence-electron chi connectivity index (χ1n) is 5.94. The van der Waals surface area contributed by atoms with Crippen LogP contribution in [-0.4, -0.2) is 34.1 Å². The van der Waals surface area contributed by atoms with Crippen molar-refractivity contribution in [1.29, 1.82) is 0 Å². The Balaban J connectivity index is 2.07. The van der Waals surface area contributed by atoms with Gasteiger partial charge in [0.1, 0.15) is 0 Å². The van der Waals surface area contributed by atoms with E-state index in [4.69, 9.17) is 0 Å². The molecule has 0 amide bonds. The molecule has 0 aromatic carbocycles. The zero-order chi connectivity index (χ0) is 12.0. The molecule has 1 rings (SSSR count). The van der Waals surface area contributed by atoms with Crippen LogP contribution in [-0.2, 0) is 13.5 Å². The average molecular weight is 225 g/mol. The number of rotatable bonds is 7. The standard InChI is InChI=1S/C12H23N3O/c1-10(2)6-12(16)8-13-5-4-11-7-14-15(3)9-11/h7,9-10,12-13,16H,4-6,8H2,1-3H3. The fourth-order valence-electron chi connectivity index (χ4n) is 1.73. The SMILES string of the molecule is CC(C)CC(O)CNCCc1cnn(C)c1. The van der Waals surface area contributed by atoms with Gasteiger partial charge < -0.3 is 10.4 Å². The van der Waals surface area contributed by atoms with Gasteiger partial charge in [-0.25, -0.2) is 0 Å². The molecule has 1 heterocycles. The van der Waals surface area contributed by atoms with E-state index in [2.05, 4.69) is 24.3 Å². The predicted octanol–water partition coefficient (Wildman–Crippen LogP) is 0.959. The van der Waals surface area contributed by atoms with Crippen molar-refractivity contribution in [2.45, 2.75) is 32.8 Å². The quantitative estimate of drug-likeness (QED) is 0.680. The number of nitrogens with zero attached hydrogens (tertiary/aromatic N) is 2. The second kappa shape index (κ2) is 6.66. The molecule has 1 atom stereocenters. The van der Waals surface area contributed by atoms with Gasteiger partial charge in [0.05, 0.1) is 12.3 Å². The van der Waals surface area contributed by atoms with Gasteiger partial charge in [-0.3, -0.25) is 4.68 Å². The first-order chi connectivity index (χ1) is 7.58. The van der Waals surface area contributed by atoms with E-state index in [1.54, 1.807) is 0 Å². The van der Waals surface area contributed by atoms with Gasteiger partial charge in [0.15, 0.2) is 0 Å². The van der Waals surface area contributed by atoms with Crippen molar-refractivity contribution < 1.29 is 5.11 Å². The summed E-state index contributed by atoms with van der Waals surface area (Å²) in [6.45, 7) is 5.82. The third-order valence-corrected chi connectivity index (χ3v) is 2.47. The molecule has 0 bridgehead atoms. The van der Waals surface area contributed by atoms with Gasteiger partial charge in [0.25, 0.3) is 0 Å². The number of hydrogen-bond donors (Lipinski definition) is 2. The zero-order valence-corrected chi connectivity index (χ0v) is 10.5. The number of aliphatic hydroxyl groups excluding tert-OH is 1. The maximum Gasteiger partial charge on any atom is 0.0667 e. The van der Waals surface area contributed by atoms with Crippen LogP contribution in [0.4, 0.5) is 0 Å². The van der Waals surface area contributed by atoms with Crippen LogP contribution in [0.3, 0.4) is 0 Å². The first-order valence-corrected chi connectivity index (χ1v) is 5.94. The van der Waals surface area contributed by atoms with Crippen LogP contribution in [0.5, 0.6) is 0 Å². The predicted molar refractivity (Wildman–Crippen MR) is 65.2 cm³/mol. The summed E-state index contributed by atoms with van der Waals surface area (Å²) >= 11 is 0. The van der Waals surface area contributed by atoms with Crippen LogP contribution in [0.15, 0.2) is 12.4 Å². The van der Waals surface area contributed by atoms with Gasteiger partial charge in [-0.15, -0.1) is 0 Å². The van der Waals surface area contributed by atoms with Gasteiger partial charge in [0, 0.05) is 19.8 Å². The number of aromatic nitrogens is 2. The minimum absolute atomic E-state index is 0.228. The van der Waals surface area contributed by atoms with E-state index in [0.29, 0.717) is 12.5 Å². The summed E-state index contributed by atoms with van der Waals surface area (Å²) in [7, 11) is 1.92. The van der Waals surface area contributed by atoms with Crippen LogP contribution in [0.2, 0.25) is 0 Å². The molecule has 0 aliphatic heterocycles. The Hall–Kier alpha value is -0.870. The summed E-state index contributed by atoms with van der Waals surface area (Å²) in [5, 5.41) is 17.0. The van der Waals surface area contributed by atoms with Crippen molar-refractivity contribution in [2.75, 3.05) is 13.1 Å². The minimum atomic E-state index is -0.228. The molecule has 92 valence electrons. The molecule has 0 radical (unpaired) electrons. The molecule has 0 spiro atoms. The Kier molecular flexibility index (Phi) is 5.49. The van der Waals surface area contributed by atoms with E-state index in [1.165, 1.54) is 5.56 Å². The molecule has 0 saturated carbocycles. The Bertz CT molecular complexity index is 296. The number of aliphatic hydroxyl groups is 1. The molecule has 0 aliphatic rings. The van der Waals surface area contributed by atoms with Crippen molar-refractivity contribution in [3.8, 4) is 0 Å². The maximum atomic E-state index is 9.64. The number of nitrogens with one attached hydrogen (secondary N) is 1. The molecule has 0 saturated heterocycles. The summed E-state index contributed by atoms with van der Waals surface area (Å²) < 4.78 is 1.81. The van der Waals surface area contributed by atoms with E-state index in [0.717, 1.165) is 19.4 Å². The molecule has 1 unspecified atom stereocenters. The summed E-state index contributed by atoms with van der Waals surface area (Å²) in [5.74, 6) is 0.551. The topological polar surface area (TPSA) is 50.1 Å². The highest BCUT2D eigenvalue weighted by molar-refractivity contribution is 5.03. The smallest absolute Gasteiger partial charge is 0.0667 e. The van der Waals surface area contributed by atoms with Crippen LogP contribution < -0.4 is 5.32 Å². The van der Waals surface area contributed by atoms with Crippen LogP contribution in [0.25, 0.3) is 0 Å². The third-order valence-electron chi connectivity index (χ3n) is 2.47. The fourth-order valence-corrected chi connectivity index (χ4v) is 1.73. The van der Waals surface area contributed by atoms with E-state index in [9.17, 15) is 5.11 Å². The van der Waals surface area contributed by atoms with Crippen LogP contribution in [0.1, 0.15) is 25.8 Å². The highest BCUT2D eigenvalue weighted by Gasteiger charge is 2.05. The minimum Gasteiger partial charge on any atom is -0.392 e. The lowest BCUT2D eigenvalue weighted by Crippen LogP contribution is -2.29. The van der Waals surface area contributed by atoms with Crippen molar-refractivity contribution in [1.82, 2.24) is 15.1 Å². The number of hydrogen-bond acceptors (Lipinski definition) is 3. The molecule has 4 nitrogen and oxygen atoms in total. The van der Waals surface area contributed by atoms with E-state index >= 15 is 0 Å². The molecule has 0 fully saturated rings. The lowest BCUT2D eigenvalue weighted by atomic mass is 10.1. The molecule has 16 heavy (non-hydrogen) atoms. The van der Waals surface area contributed by atoms with Gasteiger partial charge in [0.2, 0.25) is 0 Å². The highest BCUT2D eigenvalue weighted by atomic mass is 16.3. The van der Waals surface area contributed by atoms with Crippen molar-refractivity contribution in [3.63, 3.8) is 0 Å². The fraction of sp³-hybridized carbons (Fsp3) is 0.750. The van der Waals surface area contributed by atoms with E-state index in [-0.39, 0.29) is 6.10 Å². The second-order valence-electron chi connectivity index (χ2n) is 4.76. The Morgan fingerprint density at radius 3 is 2.81 bits per heavy atom. The Labute approximate surface area is 97.7 Å².